The number of benzene rings is 2. The maximum absolute atomic E-state index is 12.0. The Morgan fingerprint density at radius 3 is 2.11 bits per heavy atom. The zero-order valence-corrected chi connectivity index (χ0v) is 15.4. The summed E-state index contributed by atoms with van der Waals surface area (Å²) in [5, 5.41) is 0. The molecule has 2 aliphatic rings. The number of ether oxygens (including phenoxy) is 1. The highest BCUT2D eigenvalue weighted by Gasteiger charge is 2.30. The van der Waals surface area contributed by atoms with E-state index in [2.05, 4.69) is 17.6 Å². The van der Waals surface area contributed by atoms with Crippen molar-refractivity contribution in [3.8, 4) is 11.1 Å². The van der Waals surface area contributed by atoms with E-state index in [9.17, 15) is 14.4 Å². The van der Waals surface area contributed by atoms with Crippen molar-refractivity contribution < 1.29 is 24.0 Å². The summed E-state index contributed by atoms with van der Waals surface area (Å²) in [4.78, 5) is 40.1. The SMILES string of the molecule is O=C1CCC(C(=O)ONC(=O)OCC2c3ccccc3-c3ccccc32)CC1. The average molecular weight is 379 g/mol. The summed E-state index contributed by atoms with van der Waals surface area (Å²) in [7, 11) is 0. The largest absolute Gasteiger partial charge is 0.446 e. The van der Waals surface area contributed by atoms with Gasteiger partial charge in [-0.25, -0.2) is 9.59 Å². The second-order valence-corrected chi connectivity index (χ2v) is 7.16. The lowest BCUT2D eigenvalue weighted by molar-refractivity contribution is -0.156. The molecule has 28 heavy (non-hydrogen) atoms. The first-order valence-electron chi connectivity index (χ1n) is 9.47. The molecule has 2 aromatic rings. The van der Waals surface area contributed by atoms with Crippen LogP contribution in [0.3, 0.4) is 0 Å². The minimum atomic E-state index is -0.804. The first kappa shape index (κ1) is 18.2. The van der Waals surface area contributed by atoms with Crippen molar-refractivity contribution in [2.75, 3.05) is 6.61 Å². The van der Waals surface area contributed by atoms with Gasteiger partial charge in [0.15, 0.2) is 0 Å². The number of carbonyl (C=O) groups is 3. The van der Waals surface area contributed by atoms with E-state index in [1.807, 2.05) is 36.4 Å². The summed E-state index contributed by atoms with van der Waals surface area (Å²) in [6, 6.07) is 16.1. The molecule has 0 radical (unpaired) electrons. The fraction of sp³-hybridized carbons (Fsp3) is 0.318. The molecule has 1 N–H and O–H groups in total. The third kappa shape index (κ3) is 3.63. The van der Waals surface area contributed by atoms with Crippen LogP contribution in [0.25, 0.3) is 11.1 Å². The van der Waals surface area contributed by atoms with Crippen LogP contribution in [0.5, 0.6) is 0 Å². The Kier molecular flexibility index (Phi) is 5.10. The highest BCUT2D eigenvalue weighted by molar-refractivity contribution is 5.83. The molecule has 0 atom stereocenters. The fourth-order valence-electron chi connectivity index (χ4n) is 3.98. The van der Waals surface area contributed by atoms with E-state index in [0.717, 1.165) is 22.3 Å². The molecule has 1 amide bonds. The summed E-state index contributed by atoms with van der Waals surface area (Å²) < 4.78 is 5.31. The van der Waals surface area contributed by atoms with Gasteiger partial charge in [0, 0.05) is 18.8 Å². The molecule has 1 fully saturated rings. The van der Waals surface area contributed by atoms with Crippen LogP contribution in [0.2, 0.25) is 0 Å². The number of fused-ring (bicyclic) bond motifs is 3. The number of hydrogen-bond acceptors (Lipinski definition) is 5. The summed E-state index contributed by atoms with van der Waals surface area (Å²) >= 11 is 0. The second-order valence-electron chi connectivity index (χ2n) is 7.16. The third-order valence-electron chi connectivity index (χ3n) is 5.46. The smallest absolute Gasteiger partial charge is 0.440 e. The normalized spacial score (nSPS) is 16.2. The minimum absolute atomic E-state index is 0.0572. The van der Waals surface area contributed by atoms with E-state index in [1.165, 1.54) is 0 Å². The maximum Gasteiger partial charge on any atom is 0.440 e. The third-order valence-corrected chi connectivity index (χ3v) is 5.46. The average Bonchev–Trinajstić information content (AvgIpc) is 3.05. The summed E-state index contributed by atoms with van der Waals surface area (Å²) in [6.45, 7) is 0.148. The highest BCUT2D eigenvalue weighted by Crippen LogP contribution is 2.44. The van der Waals surface area contributed by atoms with Crippen molar-refractivity contribution in [1.82, 2.24) is 5.48 Å². The summed E-state index contributed by atoms with van der Waals surface area (Å²) in [5.41, 5.74) is 6.58. The van der Waals surface area contributed by atoms with Gasteiger partial charge in [0.05, 0.1) is 5.92 Å². The van der Waals surface area contributed by atoms with Crippen molar-refractivity contribution in [2.45, 2.75) is 31.6 Å². The standard InChI is InChI=1S/C22H21NO5/c24-15-11-9-14(10-12-15)21(25)28-23-22(26)27-13-20-18-7-3-1-5-16(18)17-6-2-4-8-19(17)20/h1-8,14,20H,9-13H2,(H,23,26). The van der Waals surface area contributed by atoms with Crippen LogP contribution in [0.15, 0.2) is 48.5 Å². The predicted molar refractivity (Wildman–Crippen MR) is 101 cm³/mol. The Balaban J connectivity index is 1.33. The topological polar surface area (TPSA) is 81.7 Å². The van der Waals surface area contributed by atoms with Gasteiger partial charge in [-0.05, 0) is 35.1 Å². The van der Waals surface area contributed by atoms with E-state index in [4.69, 9.17) is 9.57 Å². The number of ketones is 1. The van der Waals surface area contributed by atoms with Gasteiger partial charge in [-0.2, -0.15) is 0 Å². The molecule has 0 aliphatic heterocycles. The fourth-order valence-corrected chi connectivity index (χ4v) is 3.98. The number of Topliss-reactive ketones (excluding diaryl/α,β-unsaturated/α-hetero) is 1. The molecular formula is C22H21NO5. The van der Waals surface area contributed by atoms with Crippen LogP contribution in [-0.2, 0) is 19.2 Å². The summed E-state index contributed by atoms with van der Waals surface area (Å²) in [6.07, 6.45) is 0.880. The number of rotatable bonds is 3. The van der Waals surface area contributed by atoms with Crippen LogP contribution in [0, 0.1) is 5.92 Å². The lowest BCUT2D eigenvalue weighted by Crippen LogP contribution is -2.33. The van der Waals surface area contributed by atoms with Crippen molar-refractivity contribution in [3.63, 3.8) is 0 Å². The quantitative estimate of drug-likeness (QED) is 0.822. The van der Waals surface area contributed by atoms with Gasteiger partial charge < -0.3 is 9.57 Å². The summed E-state index contributed by atoms with van der Waals surface area (Å²) in [5.74, 6) is -0.778. The van der Waals surface area contributed by atoms with E-state index in [1.54, 1.807) is 0 Å². The van der Waals surface area contributed by atoms with E-state index >= 15 is 0 Å². The Labute approximate surface area is 162 Å². The molecule has 0 unspecified atom stereocenters. The van der Waals surface area contributed by atoms with Gasteiger partial charge in [-0.1, -0.05) is 48.5 Å². The number of hydrogen-bond donors (Lipinski definition) is 1. The van der Waals surface area contributed by atoms with Crippen LogP contribution < -0.4 is 5.48 Å². The van der Waals surface area contributed by atoms with E-state index < -0.39 is 12.1 Å². The molecule has 0 saturated heterocycles. The molecule has 6 heteroatoms. The van der Waals surface area contributed by atoms with Crippen LogP contribution >= 0.6 is 0 Å². The van der Waals surface area contributed by atoms with E-state index in [0.29, 0.717) is 25.7 Å². The Morgan fingerprint density at radius 2 is 1.50 bits per heavy atom. The van der Waals surface area contributed by atoms with Crippen molar-refractivity contribution in [2.24, 2.45) is 5.92 Å². The lowest BCUT2D eigenvalue weighted by atomic mass is 9.89. The Bertz CT molecular complexity index is 867. The molecule has 6 nitrogen and oxygen atoms in total. The molecule has 0 heterocycles. The molecule has 2 aromatic carbocycles. The number of nitrogens with one attached hydrogen (secondary N) is 1. The lowest BCUT2D eigenvalue weighted by Gasteiger charge is -2.19. The first-order chi connectivity index (χ1) is 13.6. The zero-order valence-electron chi connectivity index (χ0n) is 15.4. The first-order valence-corrected chi connectivity index (χ1v) is 9.47. The Hall–Kier alpha value is -3.15. The van der Waals surface area contributed by atoms with Crippen molar-refractivity contribution >= 4 is 17.8 Å². The molecule has 0 bridgehead atoms. The highest BCUT2D eigenvalue weighted by atomic mass is 16.7. The molecular weight excluding hydrogens is 358 g/mol. The maximum atomic E-state index is 12.0. The van der Waals surface area contributed by atoms with Gasteiger partial charge in [0.1, 0.15) is 12.4 Å². The molecule has 4 rings (SSSR count). The zero-order chi connectivity index (χ0) is 19.5. The van der Waals surface area contributed by atoms with Gasteiger partial charge in [-0.3, -0.25) is 4.79 Å². The number of amides is 1. The van der Waals surface area contributed by atoms with Crippen LogP contribution in [0.4, 0.5) is 4.79 Å². The second kappa shape index (κ2) is 7.84. The molecule has 144 valence electrons. The van der Waals surface area contributed by atoms with Crippen molar-refractivity contribution in [3.05, 3.63) is 59.7 Å². The number of carbonyl (C=O) groups excluding carboxylic acids is 3. The van der Waals surface area contributed by atoms with E-state index in [-0.39, 0.29) is 24.2 Å². The molecule has 2 aliphatic carbocycles. The van der Waals surface area contributed by atoms with Crippen molar-refractivity contribution in [1.29, 1.82) is 0 Å². The van der Waals surface area contributed by atoms with Crippen LogP contribution in [0.1, 0.15) is 42.7 Å². The number of hydroxylamine groups is 1. The molecule has 1 saturated carbocycles. The van der Waals surface area contributed by atoms with Gasteiger partial charge in [0.2, 0.25) is 0 Å². The van der Waals surface area contributed by atoms with Gasteiger partial charge in [-0.15, -0.1) is 5.48 Å². The predicted octanol–water partition coefficient (Wildman–Crippen LogP) is 3.74. The van der Waals surface area contributed by atoms with Gasteiger partial charge >= 0.3 is 12.1 Å². The Morgan fingerprint density at radius 1 is 0.929 bits per heavy atom. The van der Waals surface area contributed by atoms with Crippen LogP contribution in [-0.4, -0.2) is 24.5 Å². The monoisotopic (exact) mass is 379 g/mol. The molecule has 0 aromatic heterocycles. The molecule has 0 spiro atoms. The van der Waals surface area contributed by atoms with Gasteiger partial charge in [0.25, 0.3) is 0 Å². The minimum Gasteiger partial charge on any atom is -0.446 e.